The average Bonchev–Trinajstić information content (AvgIpc) is 2.68. The Labute approximate surface area is 153 Å². The van der Waals surface area contributed by atoms with Crippen LogP contribution in [0.5, 0.6) is 5.88 Å². The molecule has 1 N–H and O–H groups in total. The second-order valence-corrected chi connectivity index (χ2v) is 6.81. The molecule has 0 spiro atoms. The number of rotatable bonds is 6. The van der Waals surface area contributed by atoms with Crippen LogP contribution >= 0.6 is 0 Å². The molecule has 26 heavy (non-hydrogen) atoms. The van der Waals surface area contributed by atoms with Gasteiger partial charge < -0.3 is 10.1 Å². The molecule has 1 saturated carbocycles. The lowest BCUT2D eigenvalue weighted by atomic mass is 9.68. The van der Waals surface area contributed by atoms with E-state index in [2.05, 4.69) is 10.3 Å². The van der Waals surface area contributed by atoms with Crippen LogP contribution in [0, 0.1) is 5.82 Å². The van der Waals surface area contributed by atoms with Gasteiger partial charge in [0.05, 0.1) is 23.9 Å². The van der Waals surface area contributed by atoms with E-state index in [-0.39, 0.29) is 11.7 Å². The van der Waals surface area contributed by atoms with Crippen LogP contribution < -0.4 is 10.1 Å². The van der Waals surface area contributed by atoms with E-state index in [9.17, 15) is 9.18 Å². The van der Waals surface area contributed by atoms with Crippen LogP contribution in [0.1, 0.15) is 51.0 Å². The third-order valence-electron chi connectivity index (χ3n) is 4.98. The van der Waals surface area contributed by atoms with Gasteiger partial charge in [-0.15, -0.1) is 0 Å². The minimum absolute atomic E-state index is 0.161. The van der Waals surface area contributed by atoms with Gasteiger partial charge in [0.2, 0.25) is 11.8 Å². The van der Waals surface area contributed by atoms with E-state index in [1.807, 2.05) is 6.92 Å². The molecular formula is C21H25FN2O2. The molecule has 1 heterocycles. The summed E-state index contributed by atoms with van der Waals surface area (Å²) in [7, 11) is 0. The zero-order valence-electron chi connectivity index (χ0n) is 15.1. The van der Waals surface area contributed by atoms with E-state index in [0.29, 0.717) is 36.6 Å². The summed E-state index contributed by atoms with van der Waals surface area (Å²) in [4.78, 5) is 17.4. The number of hydrogen-bond acceptors (Lipinski definition) is 3. The molecule has 1 aromatic carbocycles. The number of pyridine rings is 1. The number of nitrogens with zero attached hydrogens (tertiary/aromatic N) is 1. The Bertz CT molecular complexity index is 740. The van der Waals surface area contributed by atoms with Gasteiger partial charge in [0, 0.05) is 11.6 Å². The zero-order chi connectivity index (χ0) is 18.4. The largest absolute Gasteiger partial charge is 0.478 e. The Kier molecular flexibility index (Phi) is 5.86. The Morgan fingerprint density at radius 2 is 1.96 bits per heavy atom. The number of ether oxygens (including phenoxy) is 1. The summed E-state index contributed by atoms with van der Waals surface area (Å²) in [5.41, 5.74) is 0.272. The molecule has 0 radical (unpaired) electrons. The minimum Gasteiger partial charge on any atom is -0.478 e. The Hall–Kier alpha value is -2.43. The van der Waals surface area contributed by atoms with Crippen molar-refractivity contribution in [2.24, 2.45) is 0 Å². The van der Waals surface area contributed by atoms with Gasteiger partial charge in [0.25, 0.3) is 0 Å². The van der Waals surface area contributed by atoms with E-state index in [1.54, 1.807) is 36.5 Å². The number of halogens is 1. The summed E-state index contributed by atoms with van der Waals surface area (Å²) < 4.78 is 19.9. The van der Waals surface area contributed by atoms with Gasteiger partial charge in [-0.2, -0.15) is 0 Å². The van der Waals surface area contributed by atoms with Crippen molar-refractivity contribution in [1.29, 1.82) is 0 Å². The van der Waals surface area contributed by atoms with Gasteiger partial charge in [0.15, 0.2) is 0 Å². The molecule has 0 saturated heterocycles. The summed E-state index contributed by atoms with van der Waals surface area (Å²) in [5, 5.41) is 2.94. The predicted octanol–water partition coefficient (Wildman–Crippen LogP) is 4.85. The first-order valence-electron chi connectivity index (χ1n) is 9.31. The Morgan fingerprint density at radius 1 is 1.19 bits per heavy atom. The smallest absolute Gasteiger partial charge is 0.235 e. The highest BCUT2D eigenvalue weighted by atomic mass is 19.1. The van der Waals surface area contributed by atoms with Crippen LogP contribution in [0.4, 0.5) is 10.1 Å². The Morgan fingerprint density at radius 3 is 2.62 bits per heavy atom. The topological polar surface area (TPSA) is 51.2 Å². The summed E-state index contributed by atoms with van der Waals surface area (Å²) in [6.07, 6.45) is 6.73. The van der Waals surface area contributed by atoms with E-state index < -0.39 is 5.41 Å². The van der Waals surface area contributed by atoms with Gasteiger partial charge in [-0.1, -0.05) is 44.4 Å². The number of carbonyl (C=O) groups excluding carboxylic acids is 1. The molecule has 1 fully saturated rings. The van der Waals surface area contributed by atoms with Crippen molar-refractivity contribution in [1.82, 2.24) is 4.98 Å². The lowest BCUT2D eigenvalue weighted by molar-refractivity contribution is -0.122. The van der Waals surface area contributed by atoms with Crippen LogP contribution in [0.25, 0.3) is 0 Å². The molecule has 1 aromatic heterocycles. The summed E-state index contributed by atoms with van der Waals surface area (Å²) in [5.74, 6) is 0.0589. The van der Waals surface area contributed by atoms with Crippen LogP contribution in [-0.2, 0) is 10.2 Å². The van der Waals surface area contributed by atoms with Gasteiger partial charge in [-0.3, -0.25) is 4.79 Å². The minimum atomic E-state index is -0.818. The first kappa shape index (κ1) is 18.4. The molecule has 0 bridgehead atoms. The van der Waals surface area contributed by atoms with Crippen LogP contribution in [-0.4, -0.2) is 17.5 Å². The number of hydrogen-bond donors (Lipinski definition) is 1. The predicted molar refractivity (Wildman–Crippen MR) is 99.8 cm³/mol. The lowest BCUT2D eigenvalue weighted by Gasteiger charge is -2.36. The fourth-order valence-corrected chi connectivity index (χ4v) is 3.62. The fourth-order valence-electron chi connectivity index (χ4n) is 3.62. The number of benzene rings is 1. The monoisotopic (exact) mass is 356 g/mol. The van der Waals surface area contributed by atoms with Gasteiger partial charge in [-0.05, 0) is 31.4 Å². The van der Waals surface area contributed by atoms with E-state index in [0.717, 1.165) is 25.7 Å². The first-order chi connectivity index (χ1) is 12.7. The zero-order valence-corrected chi connectivity index (χ0v) is 15.1. The molecule has 1 aliphatic rings. The third-order valence-corrected chi connectivity index (χ3v) is 4.98. The van der Waals surface area contributed by atoms with Crippen molar-refractivity contribution in [3.63, 3.8) is 0 Å². The number of nitrogens with one attached hydrogen (secondary N) is 1. The SMILES string of the molecule is CCCOc1ccc(NC(=O)C2(c3ccccc3F)CCCCC2)cn1. The quantitative estimate of drug-likeness (QED) is 0.805. The van der Waals surface area contributed by atoms with Crippen molar-refractivity contribution in [3.05, 3.63) is 54.0 Å². The molecular weight excluding hydrogens is 331 g/mol. The van der Waals surface area contributed by atoms with Crippen molar-refractivity contribution < 1.29 is 13.9 Å². The molecule has 3 rings (SSSR count). The van der Waals surface area contributed by atoms with Gasteiger partial charge in [-0.25, -0.2) is 9.37 Å². The van der Waals surface area contributed by atoms with Crippen molar-refractivity contribution >= 4 is 11.6 Å². The molecule has 1 aliphatic carbocycles. The molecule has 0 atom stereocenters. The third kappa shape index (κ3) is 3.87. The molecule has 2 aromatic rings. The fraction of sp³-hybridized carbons (Fsp3) is 0.429. The van der Waals surface area contributed by atoms with Gasteiger partial charge in [0.1, 0.15) is 5.82 Å². The highest BCUT2D eigenvalue weighted by Gasteiger charge is 2.42. The van der Waals surface area contributed by atoms with E-state index in [4.69, 9.17) is 4.74 Å². The van der Waals surface area contributed by atoms with Gasteiger partial charge >= 0.3 is 0 Å². The van der Waals surface area contributed by atoms with E-state index in [1.165, 1.54) is 6.07 Å². The molecule has 5 heteroatoms. The van der Waals surface area contributed by atoms with Crippen LogP contribution in [0.15, 0.2) is 42.6 Å². The number of amides is 1. The highest BCUT2D eigenvalue weighted by Crippen LogP contribution is 2.41. The van der Waals surface area contributed by atoms with E-state index >= 15 is 0 Å². The molecule has 0 unspecified atom stereocenters. The maximum absolute atomic E-state index is 14.5. The second-order valence-electron chi connectivity index (χ2n) is 6.81. The van der Waals surface area contributed by atoms with Crippen LogP contribution in [0.2, 0.25) is 0 Å². The second kappa shape index (κ2) is 8.30. The average molecular weight is 356 g/mol. The highest BCUT2D eigenvalue weighted by molar-refractivity contribution is 5.99. The summed E-state index contributed by atoms with van der Waals surface area (Å²) in [6, 6.07) is 10.1. The Balaban J connectivity index is 1.81. The van der Waals surface area contributed by atoms with Crippen molar-refractivity contribution in [2.45, 2.75) is 50.9 Å². The molecule has 1 amide bonds. The first-order valence-corrected chi connectivity index (χ1v) is 9.31. The summed E-state index contributed by atoms with van der Waals surface area (Å²) in [6.45, 7) is 2.63. The number of aromatic nitrogens is 1. The summed E-state index contributed by atoms with van der Waals surface area (Å²) >= 11 is 0. The molecule has 0 aliphatic heterocycles. The maximum atomic E-state index is 14.5. The molecule has 138 valence electrons. The van der Waals surface area contributed by atoms with Crippen LogP contribution in [0.3, 0.4) is 0 Å². The van der Waals surface area contributed by atoms with Crippen molar-refractivity contribution in [2.75, 3.05) is 11.9 Å². The number of carbonyl (C=O) groups is 1. The molecule has 4 nitrogen and oxygen atoms in total. The standard InChI is InChI=1S/C21H25FN2O2/c1-2-14-26-19-11-10-16(15-23-19)24-20(25)21(12-6-3-7-13-21)17-8-4-5-9-18(17)22/h4-5,8-11,15H,2-3,6-7,12-14H2,1H3,(H,24,25). The number of anilines is 1. The van der Waals surface area contributed by atoms with Crippen molar-refractivity contribution in [3.8, 4) is 5.88 Å². The maximum Gasteiger partial charge on any atom is 0.235 e. The lowest BCUT2D eigenvalue weighted by Crippen LogP contribution is -2.42. The normalized spacial score (nSPS) is 16.1.